The van der Waals surface area contributed by atoms with Crippen molar-refractivity contribution in [1.82, 2.24) is 4.57 Å². The molecule has 8 nitrogen and oxygen atoms in total. The van der Waals surface area contributed by atoms with Crippen molar-refractivity contribution in [3.05, 3.63) is 48.5 Å². The molecule has 0 aliphatic carbocycles. The average Bonchev–Trinajstić information content (AvgIpc) is 2.91. The van der Waals surface area contributed by atoms with Gasteiger partial charge in [0, 0.05) is 17.3 Å². The second-order valence-electron chi connectivity index (χ2n) is 5.39. The molecule has 2 aromatic carbocycles. The van der Waals surface area contributed by atoms with Crippen molar-refractivity contribution in [2.75, 3.05) is 18.5 Å². The molecule has 26 heavy (non-hydrogen) atoms. The zero-order valence-electron chi connectivity index (χ0n) is 14.6. The lowest BCUT2D eigenvalue weighted by atomic mass is 10.3. The Morgan fingerprint density at radius 1 is 1.08 bits per heavy atom. The van der Waals surface area contributed by atoms with Crippen molar-refractivity contribution in [1.29, 1.82) is 0 Å². The Labute approximate surface area is 155 Å². The van der Waals surface area contributed by atoms with E-state index in [-0.39, 0.29) is 18.9 Å². The van der Waals surface area contributed by atoms with E-state index >= 15 is 0 Å². The molecule has 9 heteroatoms. The number of aliphatic hydroxyl groups is 1. The van der Waals surface area contributed by atoms with E-state index in [0.717, 1.165) is 28.4 Å². The number of rotatable bonds is 5. The summed E-state index contributed by atoms with van der Waals surface area (Å²) in [7, 11) is 3.97. The SMILES string of the molecule is Cn1c(N=Nc2ccc(NCCO)cc2)[n+](C)c2ccccc21.OSO. The Kier molecular flexibility index (Phi) is 7.54. The topological polar surface area (TPSA) is 106 Å². The standard InChI is InChI=1S/C17H19N5O.H2O2S/c1-21-15-5-3-4-6-16(15)22(2)17(21)20-19-14-9-7-13(8-10-14)18-11-12-23;1-3-2/h3-10,23H,11-12H2,1-2H3;1-2H/p+1. The molecule has 0 radical (unpaired) electrons. The minimum absolute atomic E-state index is 0.110. The summed E-state index contributed by atoms with van der Waals surface area (Å²) in [5, 5.41) is 20.6. The number of fused-ring (bicyclic) bond motifs is 1. The highest BCUT2D eigenvalue weighted by Gasteiger charge is 2.18. The lowest BCUT2D eigenvalue weighted by Crippen LogP contribution is -2.26. The summed E-state index contributed by atoms with van der Waals surface area (Å²) in [5.41, 5.74) is 3.97. The highest BCUT2D eigenvalue weighted by molar-refractivity contribution is 7.87. The van der Waals surface area contributed by atoms with E-state index in [9.17, 15) is 0 Å². The Balaban J connectivity index is 0.000000758. The second kappa shape index (κ2) is 9.88. The van der Waals surface area contributed by atoms with Gasteiger partial charge in [-0.05, 0) is 36.4 Å². The fraction of sp³-hybridized carbons (Fsp3) is 0.235. The van der Waals surface area contributed by atoms with Crippen molar-refractivity contribution in [3.8, 4) is 0 Å². The number of aryl methyl sites for hydroxylation is 2. The molecule has 3 rings (SSSR count). The molecule has 0 aliphatic rings. The predicted octanol–water partition coefficient (Wildman–Crippen LogP) is 3.49. The molecule has 138 valence electrons. The Hall–Kier alpha value is -2.46. The van der Waals surface area contributed by atoms with Gasteiger partial charge < -0.3 is 19.5 Å². The number of azo groups is 1. The average molecular weight is 376 g/mol. The van der Waals surface area contributed by atoms with Gasteiger partial charge >= 0.3 is 5.95 Å². The van der Waals surface area contributed by atoms with Gasteiger partial charge in [-0.25, -0.2) is 9.13 Å². The molecule has 1 aromatic heterocycles. The Morgan fingerprint density at radius 2 is 1.73 bits per heavy atom. The van der Waals surface area contributed by atoms with Crippen LogP contribution < -0.4 is 9.88 Å². The quantitative estimate of drug-likeness (QED) is 0.310. The van der Waals surface area contributed by atoms with Crippen LogP contribution in [0.2, 0.25) is 0 Å². The number of nitrogens with zero attached hydrogens (tertiary/aromatic N) is 4. The van der Waals surface area contributed by atoms with E-state index in [0.29, 0.717) is 6.54 Å². The molecule has 0 saturated heterocycles. The minimum atomic E-state index is -0.250. The highest BCUT2D eigenvalue weighted by Crippen LogP contribution is 2.21. The first kappa shape index (κ1) is 19.9. The zero-order valence-corrected chi connectivity index (χ0v) is 15.4. The number of aliphatic hydroxyl groups excluding tert-OH is 1. The minimum Gasteiger partial charge on any atom is -0.395 e. The third-order valence-corrected chi connectivity index (χ3v) is 3.77. The first-order valence-corrected chi connectivity index (χ1v) is 8.60. The molecule has 1 heterocycles. The maximum Gasteiger partial charge on any atom is 0.422 e. The fourth-order valence-electron chi connectivity index (χ4n) is 2.55. The van der Waals surface area contributed by atoms with Crippen molar-refractivity contribution >= 4 is 40.7 Å². The van der Waals surface area contributed by atoms with Crippen LogP contribution in [0, 0.1) is 0 Å². The number of aromatic nitrogens is 2. The van der Waals surface area contributed by atoms with E-state index < -0.39 is 0 Å². The second-order valence-corrected chi connectivity index (χ2v) is 5.55. The lowest BCUT2D eigenvalue weighted by Gasteiger charge is -2.02. The van der Waals surface area contributed by atoms with Crippen LogP contribution in [0.1, 0.15) is 0 Å². The summed E-state index contributed by atoms with van der Waals surface area (Å²) < 4.78 is 18.1. The van der Waals surface area contributed by atoms with Gasteiger partial charge in [0.05, 0.1) is 20.7 Å². The number of nitrogens with one attached hydrogen (secondary N) is 1. The summed E-state index contributed by atoms with van der Waals surface area (Å²) in [4.78, 5) is 0. The Bertz CT molecular complexity index is 826. The van der Waals surface area contributed by atoms with Crippen LogP contribution in [0.15, 0.2) is 58.8 Å². The van der Waals surface area contributed by atoms with Gasteiger partial charge in [-0.2, -0.15) is 0 Å². The molecule has 0 fully saturated rings. The van der Waals surface area contributed by atoms with Gasteiger partial charge in [-0.1, -0.05) is 17.2 Å². The van der Waals surface area contributed by atoms with Gasteiger partial charge in [-0.15, -0.1) is 0 Å². The molecule has 0 aliphatic heterocycles. The van der Waals surface area contributed by atoms with E-state index in [2.05, 4.69) is 27.7 Å². The molecule has 3 aromatic rings. The molecule has 0 unspecified atom stereocenters. The van der Waals surface area contributed by atoms with E-state index in [1.54, 1.807) is 0 Å². The third-order valence-electron chi connectivity index (χ3n) is 3.77. The van der Waals surface area contributed by atoms with Gasteiger partial charge in [0.15, 0.2) is 12.3 Å². The molecule has 0 bridgehead atoms. The van der Waals surface area contributed by atoms with E-state index in [4.69, 9.17) is 14.2 Å². The lowest BCUT2D eigenvalue weighted by molar-refractivity contribution is -0.632. The maximum absolute atomic E-state index is 8.80. The van der Waals surface area contributed by atoms with Crippen LogP contribution in [0.4, 0.5) is 17.3 Å². The van der Waals surface area contributed by atoms with Crippen molar-refractivity contribution < 1.29 is 18.8 Å². The first-order valence-electron chi connectivity index (χ1n) is 7.87. The monoisotopic (exact) mass is 376 g/mol. The fourth-order valence-corrected chi connectivity index (χ4v) is 2.55. The predicted molar refractivity (Wildman–Crippen MR) is 103 cm³/mol. The molecular formula is C17H22N5O3S+. The van der Waals surface area contributed by atoms with E-state index in [1.165, 1.54) is 0 Å². The normalized spacial score (nSPS) is 10.8. The van der Waals surface area contributed by atoms with Crippen molar-refractivity contribution in [2.45, 2.75) is 0 Å². The van der Waals surface area contributed by atoms with Gasteiger partial charge in [0.25, 0.3) is 0 Å². The number of hydrogen-bond donors (Lipinski definition) is 4. The van der Waals surface area contributed by atoms with Gasteiger partial charge in [0.1, 0.15) is 16.7 Å². The summed E-state index contributed by atoms with van der Waals surface area (Å²) in [6, 6.07) is 15.8. The number of benzene rings is 2. The van der Waals surface area contributed by atoms with Gasteiger partial charge in [-0.3, -0.25) is 0 Å². The number of imidazole rings is 1. The van der Waals surface area contributed by atoms with Crippen LogP contribution in [0.5, 0.6) is 0 Å². The van der Waals surface area contributed by atoms with Crippen LogP contribution >= 0.6 is 12.3 Å². The third kappa shape index (κ3) is 4.79. The Morgan fingerprint density at radius 3 is 2.35 bits per heavy atom. The van der Waals surface area contributed by atoms with Crippen LogP contribution in [0.25, 0.3) is 11.0 Å². The number of para-hydroxylation sites is 2. The number of hydrogen-bond acceptors (Lipinski definition) is 7. The first-order chi connectivity index (χ1) is 12.6. The smallest absolute Gasteiger partial charge is 0.395 e. The molecule has 0 atom stereocenters. The zero-order chi connectivity index (χ0) is 18.9. The molecule has 0 amide bonds. The van der Waals surface area contributed by atoms with E-state index in [1.807, 2.05) is 59.6 Å². The summed E-state index contributed by atoms with van der Waals surface area (Å²) >= 11 is -0.250. The van der Waals surface area contributed by atoms with Gasteiger partial charge in [0.2, 0.25) is 0 Å². The largest absolute Gasteiger partial charge is 0.422 e. The summed E-state index contributed by atoms with van der Waals surface area (Å²) in [6.07, 6.45) is 0. The van der Waals surface area contributed by atoms with Crippen LogP contribution in [-0.2, 0) is 14.1 Å². The highest BCUT2D eigenvalue weighted by atomic mass is 32.2. The van der Waals surface area contributed by atoms with Crippen LogP contribution in [-0.4, -0.2) is 31.9 Å². The molecule has 0 saturated carbocycles. The molecule has 4 N–H and O–H groups in total. The number of anilines is 1. The summed E-state index contributed by atoms with van der Waals surface area (Å²) in [5.74, 6) is 0.786. The van der Waals surface area contributed by atoms with Crippen molar-refractivity contribution in [2.24, 2.45) is 24.3 Å². The van der Waals surface area contributed by atoms with Crippen molar-refractivity contribution in [3.63, 3.8) is 0 Å². The summed E-state index contributed by atoms with van der Waals surface area (Å²) in [6.45, 7) is 0.644. The molecular weight excluding hydrogens is 354 g/mol. The van der Waals surface area contributed by atoms with Crippen LogP contribution in [0.3, 0.4) is 0 Å². The molecule has 0 spiro atoms. The maximum atomic E-state index is 8.80.